The maximum Gasteiger partial charge on any atom is 0.196 e. The summed E-state index contributed by atoms with van der Waals surface area (Å²) in [5.41, 5.74) is 2.04. The fourth-order valence-electron chi connectivity index (χ4n) is 3.08. The predicted octanol–water partition coefficient (Wildman–Crippen LogP) is 3.20. The first kappa shape index (κ1) is 12.6. The second-order valence-corrected chi connectivity index (χ2v) is 6.21. The van der Waals surface area contributed by atoms with E-state index in [0.717, 1.165) is 36.6 Å². The van der Waals surface area contributed by atoms with Gasteiger partial charge in [0.25, 0.3) is 0 Å². The smallest absolute Gasteiger partial charge is 0.196 e. The third-order valence-corrected chi connectivity index (χ3v) is 4.91. The molecule has 0 amide bonds. The van der Waals surface area contributed by atoms with Crippen LogP contribution in [0.25, 0.3) is 4.96 Å². The first-order valence-corrected chi connectivity index (χ1v) is 7.95. The lowest BCUT2D eigenvalue weighted by Gasteiger charge is -2.16. The molecule has 21 heavy (non-hydrogen) atoms. The molecule has 1 aliphatic rings. The average Bonchev–Trinajstić information content (AvgIpc) is 3.22. The van der Waals surface area contributed by atoms with Gasteiger partial charge in [0, 0.05) is 30.6 Å². The number of hydrogen-bond acceptors (Lipinski definition) is 4. The molecule has 1 atom stereocenters. The van der Waals surface area contributed by atoms with Crippen molar-refractivity contribution in [2.24, 2.45) is 0 Å². The number of fused-ring (bicyclic) bond motifs is 1. The number of carbonyl (C=O) groups is 1. The van der Waals surface area contributed by atoms with Crippen LogP contribution in [0.3, 0.4) is 0 Å². The summed E-state index contributed by atoms with van der Waals surface area (Å²) in [5, 5.41) is 1.95. The number of carbonyl (C=O) groups excluding carboxylic acids is 1. The van der Waals surface area contributed by atoms with Crippen LogP contribution in [0, 0.1) is 0 Å². The Morgan fingerprint density at radius 3 is 2.95 bits per heavy atom. The van der Waals surface area contributed by atoms with Crippen LogP contribution in [0.5, 0.6) is 0 Å². The van der Waals surface area contributed by atoms with Crippen LogP contribution in [0.4, 0.5) is 5.82 Å². The van der Waals surface area contributed by atoms with Crippen LogP contribution in [0.2, 0.25) is 0 Å². The number of hydrogen-bond donors (Lipinski definition) is 0. The Morgan fingerprint density at radius 2 is 2.14 bits per heavy atom. The van der Waals surface area contributed by atoms with Crippen molar-refractivity contribution in [3.63, 3.8) is 0 Å². The summed E-state index contributed by atoms with van der Waals surface area (Å²) in [6.07, 6.45) is 3.93. The number of anilines is 1. The molecule has 1 aliphatic heterocycles. The molecule has 3 heterocycles. The fraction of sp³-hybridized carbons (Fsp3) is 0.250. The van der Waals surface area contributed by atoms with Crippen LogP contribution in [-0.4, -0.2) is 28.8 Å². The maximum absolute atomic E-state index is 11.4. The molecule has 0 aliphatic carbocycles. The SMILES string of the molecule is O=Cc1c(N2CCC(c3ccccc3)C2)nc2sccn12. The molecule has 0 saturated carbocycles. The Morgan fingerprint density at radius 1 is 1.29 bits per heavy atom. The van der Waals surface area contributed by atoms with Gasteiger partial charge >= 0.3 is 0 Å². The quantitative estimate of drug-likeness (QED) is 0.697. The van der Waals surface area contributed by atoms with Gasteiger partial charge in [-0.1, -0.05) is 30.3 Å². The van der Waals surface area contributed by atoms with E-state index >= 15 is 0 Å². The Bertz CT molecular complexity index is 777. The summed E-state index contributed by atoms with van der Waals surface area (Å²) in [7, 11) is 0. The molecule has 1 saturated heterocycles. The summed E-state index contributed by atoms with van der Waals surface area (Å²) in [5.74, 6) is 1.35. The minimum Gasteiger partial charge on any atom is -0.354 e. The van der Waals surface area contributed by atoms with E-state index in [9.17, 15) is 4.79 Å². The van der Waals surface area contributed by atoms with Crippen LogP contribution < -0.4 is 4.90 Å². The lowest BCUT2D eigenvalue weighted by Crippen LogP contribution is -2.21. The molecule has 0 bridgehead atoms. The summed E-state index contributed by atoms with van der Waals surface area (Å²) >= 11 is 1.56. The largest absolute Gasteiger partial charge is 0.354 e. The van der Waals surface area contributed by atoms with E-state index in [-0.39, 0.29) is 0 Å². The van der Waals surface area contributed by atoms with Crippen LogP contribution in [-0.2, 0) is 0 Å². The van der Waals surface area contributed by atoms with Crippen molar-refractivity contribution in [1.29, 1.82) is 0 Å². The highest BCUT2D eigenvalue weighted by Crippen LogP contribution is 2.32. The van der Waals surface area contributed by atoms with Gasteiger partial charge in [0.05, 0.1) is 0 Å². The van der Waals surface area contributed by atoms with Crippen molar-refractivity contribution < 1.29 is 4.79 Å². The number of aldehydes is 1. The molecule has 1 fully saturated rings. The van der Waals surface area contributed by atoms with Crippen molar-refractivity contribution in [1.82, 2.24) is 9.38 Å². The molecule has 1 unspecified atom stereocenters. The van der Waals surface area contributed by atoms with Gasteiger partial charge in [0.1, 0.15) is 5.69 Å². The number of thiazole rings is 1. The number of rotatable bonds is 3. The van der Waals surface area contributed by atoms with Crippen LogP contribution in [0.15, 0.2) is 41.9 Å². The van der Waals surface area contributed by atoms with Crippen molar-refractivity contribution in [3.8, 4) is 0 Å². The lowest BCUT2D eigenvalue weighted by atomic mass is 9.99. The first-order chi connectivity index (χ1) is 10.4. The van der Waals surface area contributed by atoms with E-state index in [0.29, 0.717) is 11.6 Å². The highest BCUT2D eigenvalue weighted by Gasteiger charge is 2.28. The second kappa shape index (κ2) is 5.00. The zero-order chi connectivity index (χ0) is 14.2. The second-order valence-electron chi connectivity index (χ2n) is 5.34. The maximum atomic E-state index is 11.4. The van der Waals surface area contributed by atoms with E-state index < -0.39 is 0 Å². The van der Waals surface area contributed by atoms with Crippen molar-refractivity contribution >= 4 is 28.4 Å². The predicted molar refractivity (Wildman–Crippen MR) is 84.5 cm³/mol. The molecule has 2 aromatic heterocycles. The molecule has 4 nitrogen and oxygen atoms in total. The van der Waals surface area contributed by atoms with E-state index in [1.165, 1.54) is 5.56 Å². The molecule has 1 aromatic carbocycles. The number of nitrogens with zero attached hydrogens (tertiary/aromatic N) is 3. The Kier molecular flexibility index (Phi) is 3.00. The Balaban J connectivity index is 1.65. The monoisotopic (exact) mass is 297 g/mol. The van der Waals surface area contributed by atoms with Crippen molar-refractivity contribution in [2.75, 3.05) is 18.0 Å². The highest BCUT2D eigenvalue weighted by molar-refractivity contribution is 7.15. The molecule has 0 spiro atoms. The first-order valence-electron chi connectivity index (χ1n) is 7.07. The van der Waals surface area contributed by atoms with Gasteiger partial charge in [0.15, 0.2) is 17.1 Å². The molecule has 0 N–H and O–H groups in total. The van der Waals surface area contributed by atoms with Gasteiger partial charge in [-0.05, 0) is 12.0 Å². The van der Waals surface area contributed by atoms with Gasteiger partial charge < -0.3 is 4.90 Å². The molecular weight excluding hydrogens is 282 g/mol. The fourth-order valence-corrected chi connectivity index (χ4v) is 3.80. The molecular formula is C16H15N3OS. The summed E-state index contributed by atoms with van der Waals surface area (Å²) < 4.78 is 1.88. The van der Waals surface area contributed by atoms with Crippen LogP contribution in [0.1, 0.15) is 28.4 Å². The average molecular weight is 297 g/mol. The number of aromatic nitrogens is 2. The third kappa shape index (κ3) is 2.05. The van der Waals surface area contributed by atoms with Crippen LogP contribution >= 0.6 is 11.3 Å². The molecule has 3 aromatic rings. The van der Waals surface area contributed by atoms with Gasteiger partial charge in [-0.2, -0.15) is 0 Å². The van der Waals surface area contributed by atoms with E-state index in [2.05, 4.69) is 34.1 Å². The molecule has 106 valence electrons. The van der Waals surface area contributed by atoms with E-state index in [4.69, 9.17) is 0 Å². The van der Waals surface area contributed by atoms with Gasteiger partial charge in [-0.25, -0.2) is 4.98 Å². The highest BCUT2D eigenvalue weighted by atomic mass is 32.1. The summed E-state index contributed by atoms with van der Waals surface area (Å²) in [4.78, 5) is 19.2. The van der Waals surface area contributed by atoms with Gasteiger partial charge in [0.2, 0.25) is 0 Å². The molecule has 5 heteroatoms. The number of imidazole rings is 1. The molecule has 0 radical (unpaired) electrons. The van der Waals surface area contributed by atoms with E-state index in [1.54, 1.807) is 11.3 Å². The van der Waals surface area contributed by atoms with Gasteiger partial charge in [-0.3, -0.25) is 9.20 Å². The third-order valence-electron chi connectivity index (χ3n) is 4.15. The zero-order valence-electron chi connectivity index (χ0n) is 11.5. The summed E-state index contributed by atoms with van der Waals surface area (Å²) in [6, 6.07) is 10.6. The molecule has 4 rings (SSSR count). The van der Waals surface area contributed by atoms with Gasteiger partial charge in [-0.15, -0.1) is 11.3 Å². The van der Waals surface area contributed by atoms with E-state index in [1.807, 2.05) is 22.0 Å². The number of benzene rings is 1. The minimum absolute atomic E-state index is 0.519. The topological polar surface area (TPSA) is 37.6 Å². The Labute approximate surface area is 126 Å². The standard InChI is InChI=1S/C16H15N3OS/c20-11-14-15(17-16-19(14)8-9-21-16)18-7-6-13(10-18)12-4-2-1-3-5-12/h1-5,8-9,11,13H,6-7,10H2. The minimum atomic E-state index is 0.519. The lowest BCUT2D eigenvalue weighted by molar-refractivity contribution is 0.111. The zero-order valence-corrected chi connectivity index (χ0v) is 12.3. The normalized spacial score (nSPS) is 18.5. The summed E-state index contributed by atoms with van der Waals surface area (Å²) in [6.45, 7) is 1.88. The van der Waals surface area contributed by atoms with Crippen molar-refractivity contribution in [3.05, 3.63) is 53.2 Å². The van der Waals surface area contributed by atoms with Crippen molar-refractivity contribution in [2.45, 2.75) is 12.3 Å². The Hall–Kier alpha value is -2.14.